The number of alkyl carbamates (subject to hydrolysis) is 1. The lowest BCUT2D eigenvalue weighted by molar-refractivity contribution is 0.0528. The van der Waals surface area contributed by atoms with Crippen LogP contribution in [-0.4, -0.2) is 49.6 Å². The molecule has 45 heavy (non-hydrogen) atoms. The van der Waals surface area contributed by atoms with Gasteiger partial charge in [-0.25, -0.2) is 23.5 Å². The number of benzene rings is 2. The van der Waals surface area contributed by atoms with Gasteiger partial charge in [0, 0.05) is 53.8 Å². The van der Waals surface area contributed by atoms with E-state index in [1.165, 1.54) is 10.9 Å². The number of nitrogens with one attached hydrogen (secondary N) is 2. The number of fused-ring (bicyclic) bond motifs is 1. The average Bonchev–Trinajstić information content (AvgIpc) is 3.34. The van der Waals surface area contributed by atoms with Crippen molar-refractivity contribution in [3.05, 3.63) is 88.8 Å². The summed E-state index contributed by atoms with van der Waals surface area (Å²) in [6.45, 7) is 7.48. The predicted molar refractivity (Wildman–Crippen MR) is 168 cm³/mol. The van der Waals surface area contributed by atoms with Gasteiger partial charge in [0.2, 0.25) is 0 Å². The molecule has 0 fully saturated rings. The first-order valence-corrected chi connectivity index (χ1v) is 14.7. The van der Waals surface area contributed by atoms with Gasteiger partial charge in [-0.15, -0.1) is 0 Å². The number of hydrogen-bond donors (Lipinski definition) is 2. The van der Waals surface area contributed by atoms with Crippen LogP contribution in [0.1, 0.15) is 38.8 Å². The lowest BCUT2D eigenvalue weighted by atomic mass is 10.1. The number of aromatic nitrogens is 5. The molecule has 2 aromatic carbocycles. The Morgan fingerprint density at radius 3 is 2.56 bits per heavy atom. The summed E-state index contributed by atoms with van der Waals surface area (Å²) in [5, 5.41) is 11.8. The predicted octanol–water partition coefficient (Wildman–Crippen LogP) is 7.08. The van der Waals surface area contributed by atoms with Gasteiger partial charge in [0.25, 0.3) is 0 Å². The summed E-state index contributed by atoms with van der Waals surface area (Å²) in [6, 6.07) is 11.3. The van der Waals surface area contributed by atoms with Crippen LogP contribution in [0.3, 0.4) is 0 Å². The molecule has 0 saturated carbocycles. The summed E-state index contributed by atoms with van der Waals surface area (Å²) in [4.78, 5) is 25.6. The van der Waals surface area contributed by atoms with Gasteiger partial charge in [-0.1, -0.05) is 29.8 Å². The third kappa shape index (κ3) is 7.63. The first kappa shape index (κ1) is 31.6. The molecule has 0 bridgehead atoms. The fourth-order valence-electron chi connectivity index (χ4n) is 4.57. The smallest absolute Gasteiger partial charge is 0.407 e. The van der Waals surface area contributed by atoms with Crippen LogP contribution in [0.15, 0.2) is 61.1 Å². The van der Waals surface area contributed by atoms with Gasteiger partial charge in [-0.05, 0) is 46.2 Å². The Hall–Kier alpha value is -4.84. The third-order valence-corrected chi connectivity index (χ3v) is 6.86. The number of ether oxygens (including phenoxy) is 2. The van der Waals surface area contributed by atoms with Crippen molar-refractivity contribution < 1.29 is 23.0 Å². The molecular weight excluding hydrogens is 604 g/mol. The molecule has 0 unspecified atom stereocenters. The Labute approximate surface area is 263 Å². The number of para-hydroxylation sites is 1. The Kier molecular flexibility index (Phi) is 9.43. The zero-order chi connectivity index (χ0) is 32.1. The highest BCUT2D eigenvalue weighted by atomic mass is 35.5. The van der Waals surface area contributed by atoms with Crippen LogP contribution in [0.25, 0.3) is 22.4 Å². The number of rotatable bonds is 10. The number of carbonyl (C=O) groups is 1. The van der Waals surface area contributed by atoms with Crippen LogP contribution in [0, 0.1) is 11.6 Å². The van der Waals surface area contributed by atoms with Gasteiger partial charge >= 0.3 is 6.09 Å². The molecule has 3 aromatic heterocycles. The van der Waals surface area contributed by atoms with Crippen LogP contribution < -0.4 is 15.4 Å². The number of halogens is 3. The van der Waals surface area contributed by atoms with Gasteiger partial charge in [-0.3, -0.25) is 9.67 Å². The number of anilines is 2. The first-order chi connectivity index (χ1) is 21.5. The van der Waals surface area contributed by atoms with Crippen LogP contribution in [-0.2, 0) is 17.7 Å². The van der Waals surface area contributed by atoms with E-state index in [4.69, 9.17) is 31.2 Å². The summed E-state index contributed by atoms with van der Waals surface area (Å²) in [7, 11) is 0. The summed E-state index contributed by atoms with van der Waals surface area (Å²) in [5.41, 5.74) is 1.53. The van der Waals surface area contributed by atoms with Crippen LogP contribution in [0.2, 0.25) is 5.02 Å². The van der Waals surface area contributed by atoms with E-state index in [9.17, 15) is 13.6 Å². The topological polar surface area (TPSA) is 116 Å². The minimum absolute atomic E-state index is 0.117. The van der Waals surface area contributed by atoms with Crippen molar-refractivity contribution in [3.8, 4) is 17.3 Å². The normalized spacial score (nSPS) is 11.4. The first-order valence-electron chi connectivity index (χ1n) is 14.3. The standard InChI is InChI=1S/C32H32ClF2N7O3/c1-5-44-20-14-24(34)22(25(35)15-20)18-42-27-9-7-6-8-21(27)28(41-42)30-38-16-19(10-13-37-31(43)45-32(2,3)4)29(40-30)39-26-11-12-36-17-23(26)33/h6-9,11-12,14-17H,5,10,13,18H2,1-4H3,(H,37,43)(H,36,38,39,40). The Morgan fingerprint density at radius 2 is 1.84 bits per heavy atom. The van der Waals surface area contributed by atoms with Gasteiger partial charge in [0.15, 0.2) is 5.82 Å². The molecule has 0 atom stereocenters. The van der Waals surface area contributed by atoms with E-state index in [1.54, 1.807) is 46.2 Å². The molecule has 0 aliphatic carbocycles. The van der Waals surface area contributed by atoms with Crippen molar-refractivity contribution in [2.75, 3.05) is 18.5 Å². The zero-order valence-electron chi connectivity index (χ0n) is 25.2. The van der Waals surface area contributed by atoms with Crippen molar-refractivity contribution in [1.29, 1.82) is 0 Å². The Morgan fingerprint density at radius 1 is 1.09 bits per heavy atom. The van der Waals surface area contributed by atoms with Crippen molar-refractivity contribution in [2.24, 2.45) is 0 Å². The number of amides is 1. The minimum atomic E-state index is -0.735. The number of hydrogen-bond acceptors (Lipinski definition) is 8. The molecule has 13 heteroatoms. The maximum absolute atomic E-state index is 15.0. The van der Waals surface area contributed by atoms with E-state index >= 15 is 0 Å². The second kappa shape index (κ2) is 13.4. The van der Waals surface area contributed by atoms with Crippen LogP contribution in [0.4, 0.5) is 25.1 Å². The molecule has 0 radical (unpaired) electrons. The molecule has 0 aliphatic heterocycles. The Bertz CT molecular complexity index is 1820. The molecule has 0 aliphatic rings. The lowest BCUT2D eigenvalue weighted by Gasteiger charge is -2.19. The molecule has 0 spiro atoms. The van der Waals surface area contributed by atoms with E-state index < -0.39 is 23.3 Å². The largest absolute Gasteiger partial charge is 0.494 e. The van der Waals surface area contributed by atoms with E-state index in [0.717, 1.165) is 12.1 Å². The molecule has 5 rings (SSSR count). The average molecular weight is 636 g/mol. The van der Waals surface area contributed by atoms with Crippen LogP contribution >= 0.6 is 11.6 Å². The fourth-order valence-corrected chi connectivity index (χ4v) is 4.74. The van der Waals surface area contributed by atoms with Gasteiger partial charge < -0.3 is 20.1 Å². The monoisotopic (exact) mass is 635 g/mol. The van der Waals surface area contributed by atoms with Gasteiger partial charge in [0.05, 0.1) is 29.4 Å². The molecule has 10 nitrogen and oxygen atoms in total. The number of carbonyl (C=O) groups excluding carboxylic acids is 1. The summed E-state index contributed by atoms with van der Waals surface area (Å²) in [6.07, 6.45) is 4.56. The van der Waals surface area contributed by atoms with Crippen molar-refractivity contribution in [1.82, 2.24) is 30.0 Å². The highest BCUT2D eigenvalue weighted by molar-refractivity contribution is 6.33. The number of pyridine rings is 1. The summed E-state index contributed by atoms with van der Waals surface area (Å²) in [5.74, 6) is -0.649. The molecular formula is C32H32ClF2N7O3. The molecule has 5 aromatic rings. The van der Waals surface area contributed by atoms with Gasteiger partial charge in [0.1, 0.15) is 34.5 Å². The maximum atomic E-state index is 15.0. The van der Waals surface area contributed by atoms with Crippen LogP contribution in [0.5, 0.6) is 5.75 Å². The van der Waals surface area contributed by atoms with Gasteiger partial charge in [-0.2, -0.15) is 5.10 Å². The maximum Gasteiger partial charge on any atom is 0.407 e. The second-order valence-electron chi connectivity index (χ2n) is 11.0. The van der Waals surface area contributed by atoms with Crippen molar-refractivity contribution in [3.63, 3.8) is 0 Å². The zero-order valence-corrected chi connectivity index (χ0v) is 26.0. The molecule has 0 saturated heterocycles. The summed E-state index contributed by atoms with van der Waals surface area (Å²) < 4.78 is 42.1. The van der Waals surface area contributed by atoms with Crippen molar-refractivity contribution in [2.45, 2.75) is 46.3 Å². The van der Waals surface area contributed by atoms with Crippen molar-refractivity contribution >= 4 is 40.1 Å². The highest BCUT2D eigenvalue weighted by Gasteiger charge is 2.21. The minimum Gasteiger partial charge on any atom is -0.494 e. The molecule has 2 N–H and O–H groups in total. The third-order valence-electron chi connectivity index (χ3n) is 6.56. The summed E-state index contributed by atoms with van der Waals surface area (Å²) >= 11 is 6.38. The molecule has 1 amide bonds. The SMILES string of the molecule is CCOc1cc(F)c(Cn2nc(-c3ncc(CCNC(=O)OC(C)(C)C)c(Nc4ccncc4Cl)n3)c3ccccc32)c(F)c1. The molecule has 234 valence electrons. The van der Waals surface area contributed by atoms with E-state index in [1.807, 2.05) is 24.3 Å². The quantitative estimate of drug-likeness (QED) is 0.167. The number of nitrogens with zero attached hydrogens (tertiary/aromatic N) is 5. The van der Waals surface area contributed by atoms with E-state index in [2.05, 4.69) is 20.6 Å². The highest BCUT2D eigenvalue weighted by Crippen LogP contribution is 2.31. The van der Waals surface area contributed by atoms with E-state index in [0.29, 0.717) is 45.1 Å². The lowest BCUT2D eigenvalue weighted by Crippen LogP contribution is -2.33. The van der Waals surface area contributed by atoms with E-state index in [-0.39, 0.29) is 36.8 Å². The Balaban J connectivity index is 1.50. The fraction of sp³-hybridized carbons (Fsp3) is 0.281. The second-order valence-corrected chi connectivity index (χ2v) is 11.5. The molecule has 3 heterocycles.